The van der Waals surface area contributed by atoms with E-state index >= 15 is 0 Å². The van der Waals surface area contributed by atoms with Crippen LogP contribution in [0.2, 0.25) is 0 Å². The van der Waals surface area contributed by atoms with Crippen molar-refractivity contribution in [3.05, 3.63) is 0 Å². The molecule has 0 aromatic heterocycles. The Balaban J connectivity index is 0. The third-order valence-corrected chi connectivity index (χ3v) is 2.00. The molecule has 0 bridgehead atoms. The molecule has 1 atom stereocenters. The number of halogens is 9. The van der Waals surface area contributed by atoms with Gasteiger partial charge in [-0.2, -0.15) is 39.5 Å². The zero-order valence-electron chi connectivity index (χ0n) is 7.63. The molecule has 0 aliphatic heterocycles. The second-order valence-electron chi connectivity index (χ2n) is 2.40. The van der Waals surface area contributed by atoms with Crippen molar-refractivity contribution in [3.8, 4) is 0 Å². The summed E-state index contributed by atoms with van der Waals surface area (Å²) in [5.74, 6) is -14.3. The predicted octanol–water partition coefficient (Wildman–Crippen LogP) is -0.705. The van der Waals surface area contributed by atoms with E-state index in [9.17, 15) is 48.3 Å². The molecule has 0 heterocycles. The molecule has 0 radical (unpaired) electrons. The maximum atomic E-state index is 12.1. The summed E-state index contributed by atoms with van der Waals surface area (Å²) in [6.07, 6.45) is -7.01. The minimum Gasteiger partial charge on any atom is -0.768 e. The van der Waals surface area contributed by atoms with Crippen LogP contribution in [0.4, 0.5) is 39.5 Å². The first kappa shape index (κ1) is 20.4. The minimum atomic E-state index is -7.18. The number of alkyl halides is 9. The Morgan fingerprint density at radius 3 is 1.24 bits per heavy atom. The fourth-order valence-corrected chi connectivity index (χ4v) is 0.803. The maximum absolute atomic E-state index is 12.1. The first-order valence-corrected chi connectivity index (χ1v) is 4.06. The van der Waals surface area contributed by atoms with E-state index < -0.39 is 34.4 Å². The molecule has 0 aromatic rings. The van der Waals surface area contributed by atoms with E-state index in [0.717, 1.165) is 0 Å². The number of rotatable bonds is 3. The molecule has 0 amide bonds. The van der Waals surface area contributed by atoms with Crippen molar-refractivity contribution in [2.45, 2.75) is 23.3 Å². The SMILES string of the molecule is O=S([O-])C(F)(F)C(F)(F)C(F)(F)C(F)(F)F.[K+]. The van der Waals surface area contributed by atoms with Crippen LogP contribution in [0.1, 0.15) is 0 Å². The van der Waals surface area contributed by atoms with Gasteiger partial charge >= 0.3 is 74.7 Å². The van der Waals surface area contributed by atoms with Crippen LogP contribution in [0, 0.1) is 0 Å². The van der Waals surface area contributed by atoms with E-state index in [4.69, 9.17) is 0 Å². The summed E-state index contributed by atoms with van der Waals surface area (Å²) in [5.41, 5.74) is 0. The normalized spacial score (nSPS) is 16.4. The number of hydrogen-bond acceptors (Lipinski definition) is 2. The van der Waals surface area contributed by atoms with Gasteiger partial charge in [0.1, 0.15) is 0 Å². The molecule has 13 heteroatoms. The van der Waals surface area contributed by atoms with E-state index in [1.807, 2.05) is 0 Å². The molecule has 0 saturated carbocycles. The molecular weight excluding hydrogens is 322 g/mol. The van der Waals surface area contributed by atoms with Crippen molar-refractivity contribution in [2.75, 3.05) is 0 Å². The summed E-state index contributed by atoms with van der Waals surface area (Å²) in [6.45, 7) is 0. The standard InChI is InChI=1S/C4HF9O2S.K/c5-1(6,3(9,10)11)2(7,8)4(12,13)16(14)15;/h(H,14,15);/q;+1/p-1. The molecule has 0 rings (SSSR count). The fourth-order valence-electron chi connectivity index (χ4n) is 0.465. The van der Waals surface area contributed by atoms with Crippen LogP contribution in [0.5, 0.6) is 0 Å². The summed E-state index contributed by atoms with van der Waals surface area (Å²) in [7, 11) is 0. The molecule has 0 saturated heterocycles. The Morgan fingerprint density at radius 2 is 1.06 bits per heavy atom. The summed E-state index contributed by atoms with van der Waals surface area (Å²) in [5, 5.41) is -6.55. The molecule has 0 aliphatic carbocycles. The van der Waals surface area contributed by atoms with Crippen molar-refractivity contribution in [1.29, 1.82) is 0 Å². The van der Waals surface area contributed by atoms with Gasteiger partial charge in [0.25, 0.3) is 0 Å². The molecule has 0 spiro atoms. The zero-order chi connectivity index (χ0) is 13.6. The summed E-state index contributed by atoms with van der Waals surface area (Å²) >= 11 is -5.14. The van der Waals surface area contributed by atoms with E-state index in [0.29, 0.717) is 0 Å². The Morgan fingerprint density at radius 1 is 0.765 bits per heavy atom. The monoisotopic (exact) mass is 322 g/mol. The molecule has 17 heavy (non-hydrogen) atoms. The van der Waals surface area contributed by atoms with Gasteiger partial charge in [0, 0.05) is 11.1 Å². The number of hydrogen-bond donors (Lipinski definition) is 0. The average molecular weight is 322 g/mol. The van der Waals surface area contributed by atoms with Crippen LogP contribution < -0.4 is 51.4 Å². The van der Waals surface area contributed by atoms with Crippen LogP contribution in [0.25, 0.3) is 0 Å². The van der Waals surface area contributed by atoms with Crippen molar-refractivity contribution >= 4 is 11.1 Å². The van der Waals surface area contributed by atoms with Gasteiger partial charge in [-0.25, -0.2) is 0 Å². The minimum absolute atomic E-state index is 0. The molecule has 0 N–H and O–H groups in total. The molecule has 98 valence electrons. The quantitative estimate of drug-likeness (QED) is 0.391. The van der Waals surface area contributed by atoms with Crippen LogP contribution in [-0.4, -0.2) is 32.0 Å². The fraction of sp³-hybridized carbons (Fsp3) is 1.00. The molecule has 0 aliphatic rings. The molecule has 2 nitrogen and oxygen atoms in total. The first-order chi connectivity index (χ1) is 6.69. The Kier molecular flexibility index (Phi) is 6.76. The summed E-state index contributed by atoms with van der Waals surface area (Å²) < 4.78 is 125. The van der Waals surface area contributed by atoms with Crippen molar-refractivity contribution in [1.82, 2.24) is 0 Å². The van der Waals surface area contributed by atoms with Crippen LogP contribution >= 0.6 is 0 Å². The van der Waals surface area contributed by atoms with Crippen molar-refractivity contribution < 1.29 is 99.7 Å². The van der Waals surface area contributed by atoms with Gasteiger partial charge in [-0.05, 0) is 0 Å². The predicted molar refractivity (Wildman–Crippen MR) is 29.8 cm³/mol. The van der Waals surface area contributed by atoms with Crippen LogP contribution in [-0.2, 0) is 11.1 Å². The van der Waals surface area contributed by atoms with Gasteiger partial charge in [0.05, 0.1) is 0 Å². The van der Waals surface area contributed by atoms with E-state index in [2.05, 4.69) is 0 Å². The van der Waals surface area contributed by atoms with Gasteiger partial charge < -0.3 is 4.55 Å². The third-order valence-electron chi connectivity index (χ3n) is 1.33. The average Bonchev–Trinajstić information content (AvgIpc) is 2.00. The van der Waals surface area contributed by atoms with E-state index in [1.165, 1.54) is 0 Å². The van der Waals surface area contributed by atoms with E-state index in [1.54, 1.807) is 0 Å². The maximum Gasteiger partial charge on any atom is 1.00 e. The van der Waals surface area contributed by atoms with Gasteiger partial charge in [0.2, 0.25) is 0 Å². The zero-order valence-corrected chi connectivity index (χ0v) is 11.6. The van der Waals surface area contributed by atoms with Crippen LogP contribution in [0.3, 0.4) is 0 Å². The van der Waals surface area contributed by atoms with Gasteiger partial charge in [0.15, 0.2) is 0 Å². The summed E-state index contributed by atoms with van der Waals surface area (Å²) in [4.78, 5) is 0. The van der Waals surface area contributed by atoms with Crippen molar-refractivity contribution in [2.24, 2.45) is 0 Å². The van der Waals surface area contributed by atoms with Crippen LogP contribution in [0.15, 0.2) is 0 Å². The van der Waals surface area contributed by atoms with Gasteiger partial charge in [-0.1, -0.05) is 0 Å². The first-order valence-electron chi connectivity index (χ1n) is 2.99. The molecular formula is C4F9KO2S. The van der Waals surface area contributed by atoms with Crippen molar-refractivity contribution in [3.63, 3.8) is 0 Å². The topological polar surface area (TPSA) is 40.1 Å². The Hall–Kier alpha value is 1.12. The largest absolute Gasteiger partial charge is 1.00 e. The van der Waals surface area contributed by atoms with Gasteiger partial charge in [-0.15, -0.1) is 0 Å². The molecule has 0 fully saturated rings. The summed E-state index contributed by atoms with van der Waals surface area (Å²) in [6, 6.07) is 0. The molecule has 0 aromatic carbocycles. The third kappa shape index (κ3) is 3.36. The smallest absolute Gasteiger partial charge is 0.768 e. The van der Waals surface area contributed by atoms with Gasteiger partial charge in [-0.3, -0.25) is 4.21 Å². The Labute approximate surface area is 133 Å². The Bertz CT molecular complexity index is 300. The second-order valence-corrected chi connectivity index (χ2v) is 3.38. The van der Waals surface area contributed by atoms with E-state index in [-0.39, 0.29) is 51.4 Å². The second kappa shape index (κ2) is 5.62. The molecule has 1 unspecified atom stereocenters.